The molecule has 7 nitrogen and oxygen atoms in total. The fourth-order valence-electron chi connectivity index (χ4n) is 4.80. The van der Waals surface area contributed by atoms with Crippen molar-refractivity contribution >= 4 is 11.9 Å². The van der Waals surface area contributed by atoms with E-state index in [0.29, 0.717) is 16.9 Å². The third-order valence-corrected chi connectivity index (χ3v) is 6.66. The minimum Gasteiger partial charge on any atom is -0.491 e. The summed E-state index contributed by atoms with van der Waals surface area (Å²) >= 11 is 0. The summed E-state index contributed by atoms with van der Waals surface area (Å²) in [6.07, 6.45) is -3.54. The van der Waals surface area contributed by atoms with E-state index in [1.165, 1.54) is 37.6 Å². The number of nitrogens with zero attached hydrogens (tertiary/aromatic N) is 1. The van der Waals surface area contributed by atoms with Crippen LogP contribution in [0.15, 0.2) is 85.1 Å². The van der Waals surface area contributed by atoms with Gasteiger partial charge in [0.25, 0.3) is 5.91 Å². The molecular formula is C30H22F4N2O5. The first-order valence-corrected chi connectivity index (χ1v) is 12.4. The predicted octanol–water partition coefficient (Wildman–Crippen LogP) is 6.03. The summed E-state index contributed by atoms with van der Waals surface area (Å²) in [6, 6.07) is 19.6. The molecule has 0 saturated heterocycles. The summed E-state index contributed by atoms with van der Waals surface area (Å²) in [5, 5.41) is 2.93. The van der Waals surface area contributed by atoms with Crippen molar-refractivity contribution < 1.29 is 41.4 Å². The van der Waals surface area contributed by atoms with Gasteiger partial charge in [0.05, 0.1) is 19.3 Å². The summed E-state index contributed by atoms with van der Waals surface area (Å²) in [4.78, 5) is 30.7. The largest absolute Gasteiger partial charge is 0.573 e. The zero-order valence-corrected chi connectivity index (χ0v) is 21.5. The molecule has 1 aromatic heterocycles. The zero-order chi connectivity index (χ0) is 29.2. The minimum atomic E-state index is -5.09. The molecule has 0 aliphatic carbocycles. The molecular weight excluding hydrogens is 544 g/mol. The lowest BCUT2D eigenvalue weighted by atomic mass is 9.81. The lowest BCUT2D eigenvalue weighted by Gasteiger charge is -2.39. The van der Waals surface area contributed by atoms with Gasteiger partial charge in [0, 0.05) is 18.2 Å². The normalized spacial score (nSPS) is 16.2. The monoisotopic (exact) mass is 566 g/mol. The molecule has 41 heavy (non-hydrogen) atoms. The van der Waals surface area contributed by atoms with E-state index in [-0.39, 0.29) is 35.4 Å². The quantitative estimate of drug-likeness (QED) is 0.227. The number of ether oxygens (including phenoxy) is 3. The molecule has 1 amide bonds. The number of carbonyl (C=O) groups is 2. The molecule has 1 atom stereocenters. The van der Waals surface area contributed by atoms with Gasteiger partial charge in [-0.1, -0.05) is 36.4 Å². The molecule has 11 heteroatoms. The number of fused-ring (bicyclic) bond motifs is 1. The van der Waals surface area contributed by atoms with Crippen LogP contribution >= 0.6 is 0 Å². The van der Waals surface area contributed by atoms with E-state index in [2.05, 4.69) is 15.0 Å². The van der Waals surface area contributed by atoms with Crippen molar-refractivity contribution in [2.45, 2.75) is 18.3 Å². The molecule has 5 rings (SSSR count). The van der Waals surface area contributed by atoms with Crippen molar-refractivity contribution in [2.75, 3.05) is 13.7 Å². The molecule has 210 valence electrons. The molecule has 0 bridgehead atoms. The highest BCUT2D eigenvalue weighted by molar-refractivity contribution is 6.02. The maximum Gasteiger partial charge on any atom is 0.573 e. The molecule has 0 radical (unpaired) electrons. The van der Waals surface area contributed by atoms with Gasteiger partial charge in [-0.2, -0.15) is 0 Å². The number of carbonyl (C=O) groups excluding carboxylic acids is 2. The van der Waals surface area contributed by atoms with E-state index >= 15 is 0 Å². The Labute approximate surface area is 231 Å². The number of alkyl halides is 3. The molecule has 2 heterocycles. The van der Waals surface area contributed by atoms with Gasteiger partial charge in [0.1, 0.15) is 17.0 Å². The number of hydrogen-bond donors (Lipinski definition) is 1. The number of pyridine rings is 1. The summed E-state index contributed by atoms with van der Waals surface area (Å²) in [5.74, 6) is -3.16. The number of amides is 1. The Morgan fingerprint density at radius 2 is 1.78 bits per heavy atom. The van der Waals surface area contributed by atoms with Crippen molar-refractivity contribution in [2.24, 2.45) is 0 Å². The average molecular weight is 567 g/mol. The molecule has 0 spiro atoms. The number of nitrogens with one attached hydrogen (secondary N) is 1. The first kappa shape index (κ1) is 27.6. The van der Waals surface area contributed by atoms with Crippen LogP contribution in [0.3, 0.4) is 0 Å². The lowest BCUT2D eigenvalue weighted by molar-refractivity contribution is -0.275. The van der Waals surface area contributed by atoms with Crippen LogP contribution in [0.5, 0.6) is 11.5 Å². The van der Waals surface area contributed by atoms with Gasteiger partial charge in [0.15, 0.2) is 11.6 Å². The Kier molecular flexibility index (Phi) is 7.36. The van der Waals surface area contributed by atoms with Crippen molar-refractivity contribution in [1.29, 1.82) is 0 Å². The molecule has 0 fully saturated rings. The smallest absolute Gasteiger partial charge is 0.491 e. The lowest BCUT2D eigenvalue weighted by Crippen LogP contribution is -2.50. The van der Waals surface area contributed by atoms with E-state index in [1.54, 1.807) is 42.5 Å². The highest BCUT2D eigenvalue weighted by atomic mass is 19.4. The fraction of sp³-hybridized carbons (Fsp3) is 0.167. The van der Waals surface area contributed by atoms with Crippen LogP contribution in [0.1, 0.15) is 38.4 Å². The maximum atomic E-state index is 14.9. The average Bonchev–Trinajstić information content (AvgIpc) is 2.97. The Morgan fingerprint density at radius 3 is 2.49 bits per heavy atom. The Hall–Kier alpha value is -4.93. The molecule has 0 unspecified atom stereocenters. The summed E-state index contributed by atoms with van der Waals surface area (Å²) in [7, 11) is 1.25. The second-order valence-corrected chi connectivity index (χ2v) is 9.12. The fourth-order valence-corrected chi connectivity index (χ4v) is 4.80. The van der Waals surface area contributed by atoms with Crippen LogP contribution in [-0.2, 0) is 10.3 Å². The third kappa shape index (κ3) is 5.56. The first-order valence-electron chi connectivity index (χ1n) is 12.4. The topological polar surface area (TPSA) is 86.8 Å². The highest BCUT2D eigenvalue weighted by Gasteiger charge is 2.43. The number of rotatable bonds is 6. The second-order valence-electron chi connectivity index (χ2n) is 9.12. The number of benzene rings is 3. The van der Waals surface area contributed by atoms with Crippen molar-refractivity contribution in [3.05, 3.63) is 113 Å². The Bertz CT molecular complexity index is 1610. The first-order chi connectivity index (χ1) is 19.6. The molecule has 1 aliphatic heterocycles. The van der Waals surface area contributed by atoms with E-state index in [9.17, 15) is 27.2 Å². The van der Waals surface area contributed by atoms with Gasteiger partial charge in [-0.15, -0.1) is 13.2 Å². The van der Waals surface area contributed by atoms with Crippen LogP contribution in [0.25, 0.3) is 11.1 Å². The zero-order valence-electron chi connectivity index (χ0n) is 21.5. The number of methoxy groups -OCH3 is 1. The van der Waals surface area contributed by atoms with Gasteiger partial charge >= 0.3 is 12.3 Å². The standard InChI is InChI=1S/C30H22F4N2O5/c1-39-28(38)21-11-9-19(16-22(21)18-6-3-2-4-7-18)27(37)36-29(13-15-40-25-8-5-14-35-26(25)29)20-10-12-24(23(31)17-20)41-30(32,33)34/h2-12,14,16-17H,13,15H2,1H3,(H,36,37)/t29-/m0/s1. The van der Waals surface area contributed by atoms with Crippen LogP contribution in [0, 0.1) is 5.82 Å². The Balaban J connectivity index is 1.60. The van der Waals surface area contributed by atoms with E-state index in [4.69, 9.17) is 9.47 Å². The van der Waals surface area contributed by atoms with Crippen LogP contribution in [0.4, 0.5) is 17.6 Å². The van der Waals surface area contributed by atoms with Crippen molar-refractivity contribution in [3.63, 3.8) is 0 Å². The van der Waals surface area contributed by atoms with Crippen molar-refractivity contribution in [1.82, 2.24) is 10.3 Å². The van der Waals surface area contributed by atoms with Crippen LogP contribution in [0.2, 0.25) is 0 Å². The molecule has 4 aromatic rings. The van der Waals surface area contributed by atoms with E-state index in [1.807, 2.05) is 0 Å². The van der Waals surface area contributed by atoms with Gasteiger partial charge in [0.2, 0.25) is 0 Å². The van der Waals surface area contributed by atoms with Gasteiger partial charge in [-0.3, -0.25) is 9.78 Å². The van der Waals surface area contributed by atoms with E-state index in [0.717, 1.165) is 12.1 Å². The van der Waals surface area contributed by atoms with Crippen LogP contribution in [-0.4, -0.2) is 36.9 Å². The summed E-state index contributed by atoms with van der Waals surface area (Å²) in [5.41, 5.74) is 0.426. The molecule has 0 saturated carbocycles. The number of aromatic nitrogens is 1. The molecule has 3 aromatic carbocycles. The van der Waals surface area contributed by atoms with Crippen molar-refractivity contribution in [3.8, 4) is 22.6 Å². The predicted molar refractivity (Wildman–Crippen MR) is 139 cm³/mol. The van der Waals surface area contributed by atoms with Crippen LogP contribution < -0.4 is 14.8 Å². The number of esters is 1. The second kappa shape index (κ2) is 10.9. The summed E-state index contributed by atoms with van der Waals surface area (Å²) in [6.45, 7) is 0.0952. The number of halogens is 4. The summed E-state index contributed by atoms with van der Waals surface area (Å²) < 4.78 is 67.6. The SMILES string of the molecule is COC(=O)c1ccc(C(=O)N[C@]2(c3ccc(OC(F)(F)F)c(F)c3)CCOc3cccnc32)cc1-c1ccccc1. The molecule has 1 N–H and O–H groups in total. The van der Waals surface area contributed by atoms with Gasteiger partial charge < -0.3 is 19.5 Å². The van der Waals surface area contributed by atoms with E-state index < -0.39 is 35.3 Å². The molecule has 1 aliphatic rings. The Morgan fingerprint density at radius 1 is 1.00 bits per heavy atom. The third-order valence-electron chi connectivity index (χ3n) is 6.66. The number of hydrogen-bond acceptors (Lipinski definition) is 6. The van der Waals surface area contributed by atoms with Gasteiger partial charge in [-0.05, 0) is 59.2 Å². The minimum absolute atomic E-state index is 0.0907. The van der Waals surface area contributed by atoms with Gasteiger partial charge in [-0.25, -0.2) is 9.18 Å². The highest BCUT2D eigenvalue weighted by Crippen LogP contribution is 2.42. The maximum absolute atomic E-state index is 14.9.